The normalized spacial score (nSPS) is 23.9. The van der Waals surface area contributed by atoms with Crippen molar-refractivity contribution in [1.29, 1.82) is 0 Å². The summed E-state index contributed by atoms with van der Waals surface area (Å²) in [5.74, 6) is -0.142. The fraction of sp³-hybridized carbons (Fsp3) is 0.611. The molecule has 1 amide bonds. The molecule has 0 spiro atoms. The van der Waals surface area contributed by atoms with Crippen LogP contribution in [0.1, 0.15) is 38.3 Å². The van der Waals surface area contributed by atoms with E-state index in [0.717, 1.165) is 24.9 Å². The second-order valence-corrected chi connectivity index (χ2v) is 7.21. The monoisotopic (exact) mass is 355 g/mol. The van der Waals surface area contributed by atoms with Crippen LogP contribution in [-0.4, -0.2) is 37.0 Å². The molecule has 1 aliphatic rings. The molecule has 1 aromatic rings. The SMILES string of the molecule is CCC(C)C(N)C(=O)NCC1CCN(C)C1c1ccc(Cl)c(F)c1. The summed E-state index contributed by atoms with van der Waals surface area (Å²) in [6.45, 7) is 5.46. The van der Waals surface area contributed by atoms with Crippen molar-refractivity contribution < 1.29 is 9.18 Å². The van der Waals surface area contributed by atoms with Gasteiger partial charge in [-0.2, -0.15) is 0 Å². The fourth-order valence-electron chi connectivity index (χ4n) is 3.32. The van der Waals surface area contributed by atoms with Crippen molar-refractivity contribution in [3.63, 3.8) is 0 Å². The lowest BCUT2D eigenvalue weighted by molar-refractivity contribution is -0.123. The molecule has 1 fully saturated rings. The van der Waals surface area contributed by atoms with Crippen molar-refractivity contribution >= 4 is 17.5 Å². The molecule has 2 rings (SSSR count). The standard InChI is InChI=1S/C18H27ClFN3O/c1-4-11(2)16(21)18(24)22-10-13-7-8-23(3)17(13)12-5-6-14(19)15(20)9-12/h5-6,9,11,13,16-17H,4,7-8,10,21H2,1-3H3,(H,22,24). The minimum absolute atomic E-state index is 0.0666. The number of nitrogens with two attached hydrogens (primary N) is 1. The van der Waals surface area contributed by atoms with E-state index in [1.165, 1.54) is 6.07 Å². The van der Waals surface area contributed by atoms with Crippen LogP contribution in [0.2, 0.25) is 5.02 Å². The van der Waals surface area contributed by atoms with Gasteiger partial charge in [-0.3, -0.25) is 9.69 Å². The van der Waals surface area contributed by atoms with Crippen molar-refractivity contribution in [3.8, 4) is 0 Å². The molecule has 3 N–H and O–H groups in total. The topological polar surface area (TPSA) is 58.4 Å². The summed E-state index contributed by atoms with van der Waals surface area (Å²) in [5, 5.41) is 3.10. The number of hydrogen-bond donors (Lipinski definition) is 2. The molecule has 1 heterocycles. The lowest BCUT2D eigenvalue weighted by atomic mass is 9.93. The summed E-state index contributed by atoms with van der Waals surface area (Å²) in [4.78, 5) is 14.4. The number of rotatable bonds is 6. The Hall–Kier alpha value is -1.17. The smallest absolute Gasteiger partial charge is 0.237 e. The third-order valence-corrected chi connectivity index (χ3v) is 5.46. The van der Waals surface area contributed by atoms with Crippen LogP contribution in [0.3, 0.4) is 0 Å². The molecule has 0 aromatic heterocycles. The van der Waals surface area contributed by atoms with E-state index in [1.807, 2.05) is 27.0 Å². The second kappa shape index (κ2) is 8.28. The van der Waals surface area contributed by atoms with Crippen molar-refractivity contribution in [2.24, 2.45) is 17.6 Å². The number of likely N-dealkylation sites (tertiary alicyclic amines) is 1. The van der Waals surface area contributed by atoms with E-state index < -0.39 is 11.9 Å². The summed E-state index contributed by atoms with van der Waals surface area (Å²) in [6.07, 6.45) is 1.82. The third-order valence-electron chi connectivity index (χ3n) is 5.16. The number of hydrogen-bond acceptors (Lipinski definition) is 3. The molecule has 4 nitrogen and oxygen atoms in total. The Morgan fingerprint density at radius 1 is 1.54 bits per heavy atom. The van der Waals surface area contributed by atoms with Crippen LogP contribution in [-0.2, 0) is 4.79 Å². The van der Waals surface area contributed by atoms with E-state index in [0.29, 0.717) is 6.54 Å². The Morgan fingerprint density at radius 3 is 2.88 bits per heavy atom. The van der Waals surface area contributed by atoms with Gasteiger partial charge >= 0.3 is 0 Å². The van der Waals surface area contributed by atoms with Crippen molar-refractivity contribution in [2.45, 2.75) is 38.8 Å². The average Bonchev–Trinajstić information content (AvgIpc) is 2.94. The van der Waals surface area contributed by atoms with Crippen LogP contribution < -0.4 is 11.1 Å². The van der Waals surface area contributed by atoms with Gasteiger partial charge in [-0.05, 0) is 49.5 Å². The number of carbonyl (C=O) groups excluding carboxylic acids is 1. The molecule has 4 unspecified atom stereocenters. The molecule has 1 aromatic carbocycles. The molecule has 24 heavy (non-hydrogen) atoms. The highest BCUT2D eigenvalue weighted by atomic mass is 35.5. The average molecular weight is 356 g/mol. The molecule has 6 heteroatoms. The maximum absolute atomic E-state index is 13.8. The first-order chi connectivity index (χ1) is 11.3. The molecule has 0 radical (unpaired) electrons. The largest absolute Gasteiger partial charge is 0.354 e. The van der Waals surface area contributed by atoms with E-state index in [1.54, 1.807) is 6.07 Å². The van der Waals surface area contributed by atoms with Crippen LogP contribution in [0.15, 0.2) is 18.2 Å². The molecular weight excluding hydrogens is 329 g/mol. The van der Waals surface area contributed by atoms with Crippen molar-refractivity contribution in [3.05, 3.63) is 34.6 Å². The summed E-state index contributed by atoms with van der Waals surface area (Å²) < 4.78 is 13.8. The lowest BCUT2D eigenvalue weighted by Gasteiger charge is -2.27. The zero-order chi connectivity index (χ0) is 17.9. The minimum Gasteiger partial charge on any atom is -0.354 e. The molecule has 134 valence electrons. The van der Waals surface area contributed by atoms with Gasteiger partial charge in [0.25, 0.3) is 0 Å². The number of carbonyl (C=O) groups is 1. The van der Waals surface area contributed by atoms with E-state index in [-0.39, 0.29) is 28.8 Å². The number of nitrogens with zero attached hydrogens (tertiary/aromatic N) is 1. The summed E-state index contributed by atoms with van der Waals surface area (Å²) >= 11 is 5.78. The van der Waals surface area contributed by atoms with Gasteiger partial charge in [0.2, 0.25) is 5.91 Å². The first-order valence-electron chi connectivity index (χ1n) is 8.53. The van der Waals surface area contributed by atoms with Gasteiger partial charge in [-0.15, -0.1) is 0 Å². The number of benzene rings is 1. The highest BCUT2D eigenvalue weighted by Gasteiger charge is 2.34. The number of amides is 1. The van der Waals surface area contributed by atoms with E-state index in [2.05, 4.69) is 10.2 Å². The highest BCUT2D eigenvalue weighted by molar-refractivity contribution is 6.30. The summed E-state index contributed by atoms with van der Waals surface area (Å²) in [7, 11) is 2.02. The predicted molar refractivity (Wildman–Crippen MR) is 95.3 cm³/mol. The van der Waals surface area contributed by atoms with Gasteiger partial charge in [0.1, 0.15) is 5.82 Å². The second-order valence-electron chi connectivity index (χ2n) is 6.80. The predicted octanol–water partition coefficient (Wildman–Crippen LogP) is 2.96. The quantitative estimate of drug-likeness (QED) is 0.824. The Labute approximate surface area is 148 Å². The third kappa shape index (κ3) is 4.26. The summed E-state index contributed by atoms with van der Waals surface area (Å²) in [5.41, 5.74) is 6.87. The van der Waals surface area contributed by atoms with E-state index in [9.17, 15) is 9.18 Å². The van der Waals surface area contributed by atoms with Gasteiger partial charge in [-0.1, -0.05) is 37.9 Å². The maximum Gasteiger partial charge on any atom is 0.237 e. The lowest BCUT2D eigenvalue weighted by Crippen LogP contribution is -2.46. The van der Waals surface area contributed by atoms with Gasteiger partial charge in [0, 0.05) is 12.6 Å². The molecule has 1 saturated heterocycles. The Kier molecular flexibility index (Phi) is 6.61. The zero-order valence-corrected chi connectivity index (χ0v) is 15.3. The molecular formula is C18H27ClFN3O. The van der Waals surface area contributed by atoms with Gasteiger partial charge in [-0.25, -0.2) is 4.39 Å². The van der Waals surface area contributed by atoms with Gasteiger partial charge in [0.05, 0.1) is 11.1 Å². The molecule has 0 saturated carbocycles. The van der Waals surface area contributed by atoms with Gasteiger partial charge < -0.3 is 11.1 Å². The van der Waals surface area contributed by atoms with Gasteiger partial charge in [0.15, 0.2) is 0 Å². The summed E-state index contributed by atoms with van der Waals surface area (Å²) in [6, 6.07) is 4.52. The van der Waals surface area contributed by atoms with Crippen LogP contribution in [0, 0.1) is 17.7 Å². The maximum atomic E-state index is 13.8. The Morgan fingerprint density at radius 2 is 2.25 bits per heavy atom. The number of halogens is 2. The highest BCUT2D eigenvalue weighted by Crippen LogP contribution is 2.36. The Bertz CT molecular complexity index is 583. The van der Waals surface area contributed by atoms with E-state index in [4.69, 9.17) is 17.3 Å². The number of nitrogens with one attached hydrogen (secondary N) is 1. The van der Waals surface area contributed by atoms with E-state index >= 15 is 0 Å². The minimum atomic E-state index is -0.486. The molecule has 0 bridgehead atoms. The van der Waals surface area contributed by atoms with Crippen LogP contribution in [0.5, 0.6) is 0 Å². The van der Waals surface area contributed by atoms with Crippen molar-refractivity contribution in [1.82, 2.24) is 10.2 Å². The van der Waals surface area contributed by atoms with Crippen LogP contribution in [0.25, 0.3) is 0 Å². The first kappa shape index (κ1) is 19.2. The molecule has 4 atom stereocenters. The first-order valence-corrected chi connectivity index (χ1v) is 8.91. The fourth-order valence-corrected chi connectivity index (χ4v) is 3.44. The van der Waals surface area contributed by atoms with Crippen LogP contribution >= 0.6 is 11.6 Å². The molecule has 1 aliphatic heterocycles. The Balaban J connectivity index is 2.04. The van der Waals surface area contributed by atoms with Crippen LogP contribution in [0.4, 0.5) is 4.39 Å². The molecule has 0 aliphatic carbocycles. The zero-order valence-electron chi connectivity index (χ0n) is 14.6. The van der Waals surface area contributed by atoms with Crippen molar-refractivity contribution in [2.75, 3.05) is 20.1 Å².